The Hall–Kier alpha value is -0.810. The normalized spacial score (nSPS) is 32.5. The quantitative estimate of drug-likeness (QED) is 0.586. The van der Waals surface area contributed by atoms with Crippen molar-refractivity contribution in [3.8, 4) is 0 Å². The van der Waals surface area contributed by atoms with E-state index in [-0.39, 0.29) is 12.1 Å². The molecule has 2 amide bonds. The predicted octanol–water partition coefficient (Wildman–Crippen LogP) is -0.358. The fraction of sp³-hybridized carbons (Fsp3) is 0.900. The molecule has 1 aliphatic heterocycles. The van der Waals surface area contributed by atoms with Gasteiger partial charge in [-0.25, -0.2) is 4.79 Å². The number of nitrogens with one attached hydrogen (secondary N) is 1. The van der Waals surface area contributed by atoms with Crippen LogP contribution in [0.5, 0.6) is 0 Å². The van der Waals surface area contributed by atoms with Gasteiger partial charge in [-0.15, -0.1) is 0 Å². The van der Waals surface area contributed by atoms with Crippen LogP contribution in [0.2, 0.25) is 0 Å². The first-order valence-corrected chi connectivity index (χ1v) is 5.63. The average molecular weight is 213 g/mol. The Bertz CT molecular complexity index is 233. The molecule has 0 aromatic carbocycles. The zero-order valence-electron chi connectivity index (χ0n) is 8.85. The molecule has 86 valence electrons. The lowest BCUT2D eigenvalue weighted by Crippen LogP contribution is -2.53. The molecule has 1 heterocycles. The van der Waals surface area contributed by atoms with Gasteiger partial charge in [0.25, 0.3) is 0 Å². The lowest BCUT2D eigenvalue weighted by Gasteiger charge is -2.38. The van der Waals surface area contributed by atoms with Gasteiger partial charge in [-0.05, 0) is 25.7 Å². The summed E-state index contributed by atoms with van der Waals surface area (Å²) in [5.74, 6) is 0. The molecule has 1 aliphatic carbocycles. The van der Waals surface area contributed by atoms with E-state index in [9.17, 15) is 4.79 Å². The molecule has 0 radical (unpaired) electrons. The van der Waals surface area contributed by atoms with Crippen LogP contribution in [-0.2, 0) is 0 Å². The van der Waals surface area contributed by atoms with Crippen LogP contribution in [0.3, 0.4) is 0 Å². The number of carbonyl (C=O) groups is 1. The highest BCUT2D eigenvalue weighted by atomic mass is 16.3. The molecule has 2 aliphatic rings. The van der Waals surface area contributed by atoms with Crippen LogP contribution in [0, 0.1) is 0 Å². The monoisotopic (exact) mass is 213 g/mol. The van der Waals surface area contributed by atoms with Crippen molar-refractivity contribution in [2.45, 2.75) is 43.9 Å². The van der Waals surface area contributed by atoms with Crippen LogP contribution in [-0.4, -0.2) is 47.3 Å². The molecule has 5 heteroatoms. The lowest BCUT2D eigenvalue weighted by atomic mass is 9.88. The Balaban J connectivity index is 1.67. The van der Waals surface area contributed by atoms with Gasteiger partial charge in [-0.3, -0.25) is 0 Å². The fourth-order valence-electron chi connectivity index (χ4n) is 2.32. The van der Waals surface area contributed by atoms with Gasteiger partial charge in [0.2, 0.25) is 0 Å². The summed E-state index contributed by atoms with van der Waals surface area (Å²) in [5, 5.41) is 12.7. The molecular weight excluding hydrogens is 194 g/mol. The van der Waals surface area contributed by atoms with Gasteiger partial charge in [0, 0.05) is 25.2 Å². The summed E-state index contributed by atoms with van der Waals surface area (Å²) >= 11 is 0. The number of aliphatic hydroxyl groups is 1. The van der Waals surface area contributed by atoms with E-state index in [2.05, 4.69) is 5.32 Å². The highest BCUT2D eigenvalue weighted by Crippen LogP contribution is 2.21. The van der Waals surface area contributed by atoms with E-state index < -0.39 is 0 Å². The van der Waals surface area contributed by atoms with Gasteiger partial charge in [0.05, 0.1) is 6.10 Å². The summed E-state index contributed by atoms with van der Waals surface area (Å²) in [6.07, 6.45) is 3.57. The number of hydrogen-bond acceptors (Lipinski definition) is 3. The number of likely N-dealkylation sites (tertiary alicyclic amines) is 1. The second-order valence-corrected chi connectivity index (χ2v) is 4.59. The fourth-order valence-corrected chi connectivity index (χ4v) is 2.32. The molecule has 15 heavy (non-hydrogen) atoms. The smallest absolute Gasteiger partial charge is 0.314 e. The third-order valence-corrected chi connectivity index (χ3v) is 3.39. The summed E-state index contributed by atoms with van der Waals surface area (Å²) in [7, 11) is 0. The van der Waals surface area contributed by atoms with Gasteiger partial charge in [-0.1, -0.05) is 0 Å². The minimum Gasteiger partial charge on any atom is -0.393 e. The van der Waals surface area contributed by atoms with Gasteiger partial charge >= 0.3 is 6.03 Å². The molecule has 0 aromatic rings. The van der Waals surface area contributed by atoms with E-state index in [0.717, 1.165) is 38.8 Å². The number of carbonyl (C=O) groups excluding carboxylic acids is 1. The van der Waals surface area contributed by atoms with Gasteiger partial charge in [0.15, 0.2) is 0 Å². The Morgan fingerprint density at radius 1 is 1.27 bits per heavy atom. The molecule has 1 saturated carbocycles. The first-order valence-electron chi connectivity index (χ1n) is 5.63. The van der Waals surface area contributed by atoms with Gasteiger partial charge in [-0.2, -0.15) is 0 Å². The Morgan fingerprint density at radius 2 is 1.87 bits per heavy atom. The van der Waals surface area contributed by atoms with Crippen LogP contribution >= 0.6 is 0 Å². The van der Waals surface area contributed by atoms with Crippen molar-refractivity contribution in [2.24, 2.45) is 5.73 Å². The molecule has 0 atom stereocenters. The van der Waals surface area contributed by atoms with Crippen molar-refractivity contribution in [1.82, 2.24) is 10.2 Å². The number of nitrogens with two attached hydrogens (primary N) is 1. The number of nitrogens with zero attached hydrogens (tertiary/aromatic N) is 1. The summed E-state index contributed by atoms with van der Waals surface area (Å²) in [6, 6.07) is 0.649. The maximum atomic E-state index is 10.9. The van der Waals surface area contributed by atoms with E-state index in [1.807, 2.05) is 0 Å². The second kappa shape index (κ2) is 4.37. The molecule has 4 N–H and O–H groups in total. The number of aliphatic hydroxyl groups excluding tert-OH is 1. The first-order chi connectivity index (χ1) is 7.15. The van der Waals surface area contributed by atoms with Crippen molar-refractivity contribution >= 4 is 6.03 Å². The second-order valence-electron chi connectivity index (χ2n) is 4.59. The highest BCUT2D eigenvalue weighted by Gasteiger charge is 2.30. The summed E-state index contributed by atoms with van der Waals surface area (Å²) in [6.45, 7) is 1.50. The van der Waals surface area contributed by atoms with Crippen molar-refractivity contribution in [1.29, 1.82) is 0 Å². The van der Waals surface area contributed by atoms with Crippen molar-refractivity contribution in [3.05, 3.63) is 0 Å². The minimum absolute atomic E-state index is 0.104. The lowest BCUT2D eigenvalue weighted by molar-refractivity contribution is 0.0536. The number of piperidine rings is 1. The topological polar surface area (TPSA) is 78.6 Å². The van der Waals surface area contributed by atoms with E-state index in [4.69, 9.17) is 10.8 Å². The van der Waals surface area contributed by atoms with Crippen LogP contribution in [0.15, 0.2) is 0 Å². The predicted molar refractivity (Wildman–Crippen MR) is 56.3 cm³/mol. The summed E-state index contributed by atoms with van der Waals surface area (Å²) < 4.78 is 0. The molecule has 2 fully saturated rings. The van der Waals surface area contributed by atoms with E-state index in [1.165, 1.54) is 0 Å². The van der Waals surface area contributed by atoms with Crippen molar-refractivity contribution in [2.75, 3.05) is 13.1 Å². The molecule has 0 bridgehead atoms. The zero-order valence-corrected chi connectivity index (χ0v) is 8.85. The van der Waals surface area contributed by atoms with E-state index in [0.29, 0.717) is 12.1 Å². The summed E-state index contributed by atoms with van der Waals surface area (Å²) in [5.41, 5.74) is 5.20. The van der Waals surface area contributed by atoms with Crippen LogP contribution in [0.25, 0.3) is 0 Å². The zero-order chi connectivity index (χ0) is 10.8. The van der Waals surface area contributed by atoms with Crippen molar-refractivity contribution in [3.63, 3.8) is 0 Å². The van der Waals surface area contributed by atoms with Crippen LogP contribution in [0.4, 0.5) is 4.79 Å². The van der Waals surface area contributed by atoms with E-state index in [1.54, 1.807) is 4.90 Å². The number of urea groups is 1. The minimum atomic E-state index is -0.312. The largest absolute Gasteiger partial charge is 0.393 e. The standard InChI is InChI=1S/C10H19N3O2/c11-10(15)13-3-1-7(2-4-13)12-8-5-9(14)6-8/h7-9,12,14H,1-6H2,(H2,11,15). The third-order valence-electron chi connectivity index (χ3n) is 3.39. The molecule has 0 spiro atoms. The maximum Gasteiger partial charge on any atom is 0.314 e. The number of amides is 2. The molecule has 5 nitrogen and oxygen atoms in total. The maximum absolute atomic E-state index is 10.9. The number of rotatable bonds is 2. The third kappa shape index (κ3) is 2.60. The van der Waals surface area contributed by atoms with Crippen molar-refractivity contribution < 1.29 is 9.90 Å². The van der Waals surface area contributed by atoms with Gasteiger partial charge < -0.3 is 21.1 Å². The molecule has 2 rings (SSSR count). The Morgan fingerprint density at radius 3 is 2.33 bits per heavy atom. The number of primary amides is 1. The van der Waals surface area contributed by atoms with E-state index >= 15 is 0 Å². The van der Waals surface area contributed by atoms with Crippen LogP contribution in [0.1, 0.15) is 25.7 Å². The SMILES string of the molecule is NC(=O)N1CCC(NC2CC(O)C2)CC1. The molecule has 1 saturated heterocycles. The molecular formula is C10H19N3O2. The van der Waals surface area contributed by atoms with Gasteiger partial charge in [0.1, 0.15) is 0 Å². The molecule has 0 unspecified atom stereocenters. The highest BCUT2D eigenvalue weighted by molar-refractivity contribution is 5.72. The Kier molecular flexibility index (Phi) is 3.11. The number of hydrogen-bond donors (Lipinski definition) is 3. The average Bonchev–Trinajstić information content (AvgIpc) is 2.16. The molecule has 0 aromatic heterocycles. The Labute approximate surface area is 89.6 Å². The first kappa shape index (κ1) is 10.7. The summed E-state index contributed by atoms with van der Waals surface area (Å²) in [4.78, 5) is 12.6. The van der Waals surface area contributed by atoms with Crippen LogP contribution < -0.4 is 11.1 Å².